The van der Waals surface area contributed by atoms with Crippen molar-refractivity contribution in [1.82, 2.24) is 14.9 Å². The highest BCUT2D eigenvalue weighted by molar-refractivity contribution is 7.98. The molecule has 3 N–H and O–H groups in total. The van der Waals surface area contributed by atoms with Gasteiger partial charge in [-0.25, -0.2) is 9.97 Å². The minimum atomic E-state index is -0.452. The molecule has 1 atom stereocenters. The maximum absolute atomic E-state index is 11.9. The van der Waals surface area contributed by atoms with Gasteiger partial charge in [-0.2, -0.15) is 0 Å². The first-order valence-corrected chi connectivity index (χ1v) is 6.99. The van der Waals surface area contributed by atoms with Crippen molar-refractivity contribution in [2.24, 2.45) is 0 Å². The molecule has 1 saturated heterocycles. The van der Waals surface area contributed by atoms with Crippen LogP contribution in [-0.2, 0) is 9.59 Å². The van der Waals surface area contributed by atoms with E-state index in [1.165, 1.54) is 18.8 Å². The Morgan fingerprint density at radius 2 is 2.21 bits per heavy atom. The molecule has 1 aliphatic rings. The predicted molar refractivity (Wildman–Crippen MR) is 72.6 cm³/mol. The molecule has 19 heavy (non-hydrogen) atoms. The number of hydrogen-bond acceptors (Lipinski definition) is 7. The molecule has 102 valence electrons. The van der Waals surface area contributed by atoms with E-state index >= 15 is 0 Å². The van der Waals surface area contributed by atoms with Gasteiger partial charge in [0.05, 0.1) is 0 Å². The Hall–Kier alpha value is -1.83. The highest BCUT2D eigenvalue weighted by Gasteiger charge is 2.31. The van der Waals surface area contributed by atoms with Crippen LogP contribution < -0.4 is 11.1 Å². The van der Waals surface area contributed by atoms with Gasteiger partial charge in [0.25, 0.3) is 5.91 Å². The van der Waals surface area contributed by atoms with Crippen LogP contribution in [0.4, 0.5) is 11.6 Å². The van der Waals surface area contributed by atoms with Gasteiger partial charge in [0.2, 0.25) is 5.91 Å². The molecule has 0 radical (unpaired) electrons. The van der Waals surface area contributed by atoms with Crippen molar-refractivity contribution in [3.63, 3.8) is 0 Å². The standard InChI is InChI=1S/C11H15N5O2S/c1-16-9(17)4-3-6(10(16)18)13-8-5-7(12)14-11(15-8)19-2/h5-6H,3-4H2,1-2H3,(H3,12,13,14,15). The smallest absolute Gasteiger partial charge is 0.251 e. The normalized spacial score (nSPS) is 19.7. The Labute approximate surface area is 115 Å². The zero-order valence-electron chi connectivity index (χ0n) is 10.7. The first-order chi connectivity index (χ1) is 9.01. The summed E-state index contributed by atoms with van der Waals surface area (Å²) in [5.41, 5.74) is 5.67. The monoisotopic (exact) mass is 281 g/mol. The quantitative estimate of drug-likeness (QED) is 0.468. The number of carbonyl (C=O) groups excluding carboxylic acids is 2. The lowest BCUT2D eigenvalue weighted by Gasteiger charge is -2.28. The van der Waals surface area contributed by atoms with Crippen molar-refractivity contribution >= 4 is 35.2 Å². The molecule has 0 aliphatic carbocycles. The van der Waals surface area contributed by atoms with Crippen LogP contribution >= 0.6 is 11.8 Å². The van der Waals surface area contributed by atoms with E-state index in [2.05, 4.69) is 15.3 Å². The summed E-state index contributed by atoms with van der Waals surface area (Å²) in [6.45, 7) is 0. The lowest BCUT2D eigenvalue weighted by atomic mass is 10.0. The third-order valence-corrected chi connectivity index (χ3v) is 3.43. The third-order valence-electron chi connectivity index (χ3n) is 2.88. The van der Waals surface area contributed by atoms with Crippen LogP contribution in [0.3, 0.4) is 0 Å². The largest absolute Gasteiger partial charge is 0.383 e. The summed E-state index contributed by atoms with van der Waals surface area (Å²) < 4.78 is 0. The number of likely N-dealkylation sites (tertiary alicyclic amines) is 1. The van der Waals surface area contributed by atoms with Crippen molar-refractivity contribution in [2.45, 2.75) is 24.0 Å². The van der Waals surface area contributed by atoms with E-state index in [0.717, 1.165) is 4.90 Å². The maximum Gasteiger partial charge on any atom is 0.251 e. The third kappa shape index (κ3) is 2.95. The van der Waals surface area contributed by atoms with Crippen LogP contribution in [0.25, 0.3) is 0 Å². The predicted octanol–water partition coefficient (Wildman–Crippen LogP) is 0.340. The van der Waals surface area contributed by atoms with Crippen LogP contribution in [-0.4, -0.2) is 46.0 Å². The molecule has 1 unspecified atom stereocenters. The number of piperidine rings is 1. The van der Waals surface area contributed by atoms with Gasteiger partial charge in [-0.3, -0.25) is 14.5 Å². The van der Waals surface area contributed by atoms with E-state index in [0.29, 0.717) is 29.6 Å². The Kier molecular flexibility index (Phi) is 3.89. The molecule has 0 aromatic carbocycles. The van der Waals surface area contributed by atoms with E-state index in [1.807, 2.05) is 6.26 Å². The minimum Gasteiger partial charge on any atom is -0.383 e. The second-order valence-electron chi connectivity index (χ2n) is 4.19. The second-order valence-corrected chi connectivity index (χ2v) is 4.96. The van der Waals surface area contributed by atoms with Gasteiger partial charge in [-0.1, -0.05) is 11.8 Å². The number of nitrogens with two attached hydrogens (primary N) is 1. The highest BCUT2D eigenvalue weighted by Crippen LogP contribution is 2.19. The van der Waals surface area contributed by atoms with E-state index < -0.39 is 6.04 Å². The average Bonchev–Trinajstić information content (AvgIpc) is 2.39. The summed E-state index contributed by atoms with van der Waals surface area (Å²) in [5, 5.41) is 3.55. The Morgan fingerprint density at radius 3 is 2.89 bits per heavy atom. The van der Waals surface area contributed by atoms with E-state index in [9.17, 15) is 9.59 Å². The number of nitrogens with one attached hydrogen (secondary N) is 1. The van der Waals surface area contributed by atoms with Crippen molar-refractivity contribution in [2.75, 3.05) is 24.4 Å². The molecule has 1 aromatic rings. The summed E-state index contributed by atoms with van der Waals surface area (Å²) in [7, 11) is 1.49. The number of hydrogen-bond donors (Lipinski definition) is 2. The van der Waals surface area contributed by atoms with Crippen LogP contribution in [0.1, 0.15) is 12.8 Å². The second kappa shape index (κ2) is 5.43. The molecular formula is C11H15N5O2S. The number of carbonyl (C=O) groups is 2. The number of aromatic nitrogens is 2. The highest BCUT2D eigenvalue weighted by atomic mass is 32.2. The van der Waals surface area contributed by atoms with E-state index in [-0.39, 0.29) is 11.8 Å². The molecule has 8 heteroatoms. The van der Waals surface area contributed by atoms with E-state index in [1.54, 1.807) is 6.07 Å². The SMILES string of the molecule is CSc1nc(N)cc(NC2CCC(=O)N(C)C2=O)n1. The summed E-state index contributed by atoms with van der Waals surface area (Å²) in [5.74, 6) is 0.432. The van der Waals surface area contributed by atoms with E-state index in [4.69, 9.17) is 5.73 Å². The van der Waals surface area contributed by atoms with Crippen LogP contribution in [0.2, 0.25) is 0 Å². The molecule has 2 heterocycles. The van der Waals surface area contributed by atoms with Gasteiger partial charge in [-0.05, 0) is 12.7 Å². The molecule has 2 amide bonds. The van der Waals surface area contributed by atoms with Gasteiger partial charge in [-0.15, -0.1) is 0 Å². The number of rotatable bonds is 3. The van der Waals surface area contributed by atoms with Crippen molar-refractivity contribution in [3.8, 4) is 0 Å². The van der Waals surface area contributed by atoms with Crippen molar-refractivity contribution < 1.29 is 9.59 Å². The number of nitrogens with zero attached hydrogens (tertiary/aromatic N) is 3. The molecule has 2 rings (SSSR count). The van der Waals surface area contributed by atoms with Gasteiger partial charge >= 0.3 is 0 Å². The number of anilines is 2. The average molecular weight is 281 g/mol. The molecule has 0 bridgehead atoms. The van der Waals surface area contributed by atoms with Crippen LogP contribution in [0.5, 0.6) is 0 Å². The van der Waals surface area contributed by atoms with Gasteiger partial charge < -0.3 is 11.1 Å². The molecule has 1 fully saturated rings. The summed E-state index contributed by atoms with van der Waals surface area (Å²) in [6.07, 6.45) is 2.65. The lowest BCUT2D eigenvalue weighted by molar-refractivity contribution is -0.146. The Bertz CT molecular complexity index is 522. The fraction of sp³-hybridized carbons (Fsp3) is 0.455. The maximum atomic E-state index is 11.9. The first kappa shape index (κ1) is 13.6. The topological polar surface area (TPSA) is 101 Å². The van der Waals surface area contributed by atoms with Crippen molar-refractivity contribution in [3.05, 3.63) is 6.07 Å². The molecule has 0 saturated carbocycles. The van der Waals surface area contributed by atoms with Gasteiger partial charge in [0, 0.05) is 19.5 Å². The number of likely N-dealkylation sites (N-methyl/N-ethyl adjacent to an activating group) is 1. The number of nitrogen functional groups attached to an aromatic ring is 1. The summed E-state index contributed by atoms with van der Waals surface area (Å²) in [4.78, 5) is 32.7. The number of amides is 2. The molecule has 7 nitrogen and oxygen atoms in total. The first-order valence-electron chi connectivity index (χ1n) is 5.76. The molecular weight excluding hydrogens is 266 g/mol. The van der Waals surface area contributed by atoms with Crippen molar-refractivity contribution in [1.29, 1.82) is 0 Å². The fourth-order valence-electron chi connectivity index (χ4n) is 1.84. The molecule has 0 spiro atoms. The lowest BCUT2D eigenvalue weighted by Crippen LogP contribution is -2.48. The van der Waals surface area contributed by atoms with Crippen LogP contribution in [0.15, 0.2) is 11.2 Å². The molecule has 1 aromatic heterocycles. The summed E-state index contributed by atoms with van der Waals surface area (Å²) in [6, 6.07) is 1.12. The van der Waals surface area contributed by atoms with Crippen LogP contribution in [0, 0.1) is 0 Å². The number of thioether (sulfide) groups is 1. The van der Waals surface area contributed by atoms with Gasteiger partial charge in [0.1, 0.15) is 17.7 Å². The molecule has 1 aliphatic heterocycles. The number of imide groups is 1. The fourth-order valence-corrected chi connectivity index (χ4v) is 2.22. The Morgan fingerprint density at radius 1 is 1.47 bits per heavy atom. The van der Waals surface area contributed by atoms with Gasteiger partial charge in [0.15, 0.2) is 5.16 Å². The zero-order chi connectivity index (χ0) is 14.0. The summed E-state index contributed by atoms with van der Waals surface area (Å²) >= 11 is 1.37. The zero-order valence-corrected chi connectivity index (χ0v) is 11.5. The Balaban J connectivity index is 2.15. The minimum absolute atomic E-state index is 0.157.